The highest BCUT2D eigenvalue weighted by Gasteiger charge is 2.46. The molecule has 1 fully saturated rings. The van der Waals surface area contributed by atoms with Crippen molar-refractivity contribution in [2.75, 3.05) is 32.8 Å². The first kappa shape index (κ1) is 23.5. The molecular formula is C25H31N3O4. The Kier molecular flexibility index (Phi) is 8.00. The van der Waals surface area contributed by atoms with Crippen molar-refractivity contribution >= 4 is 17.4 Å². The molecule has 1 N–H and O–H groups in total. The van der Waals surface area contributed by atoms with E-state index in [1.807, 2.05) is 13.0 Å². The van der Waals surface area contributed by atoms with Crippen LogP contribution in [0.3, 0.4) is 0 Å². The molecule has 1 amide bonds. The Morgan fingerprint density at radius 1 is 1.09 bits per heavy atom. The molecule has 1 aliphatic heterocycles. The Balaban J connectivity index is 2.00. The number of carbonyl (C=O) groups is 2. The third kappa shape index (κ3) is 4.99. The fourth-order valence-corrected chi connectivity index (χ4v) is 3.83. The summed E-state index contributed by atoms with van der Waals surface area (Å²) in [4.78, 5) is 34.1. The standard InChI is InChI=1S/C25H31N3O4/c1-4-17-32-19-12-10-18(11-13-19)23(29)21-22(20-9-7-8-14-26-20)28(25(31)24(21)30)16-15-27(5-2)6-3/h7-14,22,29H,4-6,15-17H2,1-3H3/t22-/m1/s1. The predicted octanol–water partition coefficient (Wildman–Crippen LogP) is 3.63. The molecule has 2 aromatic rings. The van der Waals surface area contributed by atoms with Crippen molar-refractivity contribution in [2.24, 2.45) is 0 Å². The van der Waals surface area contributed by atoms with E-state index in [0.29, 0.717) is 36.7 Å². The van der Waals surface area contributed by atoms with Gasteiger partial charge in [0.15, 0.2) is 0 Å². The highest BCUT2D eigenvalue weighted by atomic mass is 16.5. The first-order valence-electron chi connectivity index (χ1n) is 11.2. The molecule has 32 heavy (non-hydrogen) atoms. The molecule has 2 heterocycles. The van der Waals surface area contributed by atoms with Gasteiger partial charge in [0.2, 0.25) is 0 Å². The van der Waals surface area contributed by atoms with Crippen molar-refractivity contribution < 1.29 is 19.4 Å². The second-order valence-corrected chi connectivity index (χ2v) is 7.65. The molecule has 1 aromatic heterocycles. The quantitative estimate of drug-likeness (QED) is 0.347. The maximum Gasteiger partial charge on any atom is 0.295 e. The number of likely N-dealkylation sites (tertiary alicyclic amines) is 1. The lowest BCUT2D eigenvalue weighted by atomic mass is 9.98. The molecule has 0 bridgehead atoms. The molecule has 3 rings (SSSR count). The van der Waals surface area contributed by atoms with Gasteiger partial charge in [-0.1, -0.05) is 26.8 Å². The molecule has 0 saturated carbocycles. The van der Waals surface area contributed by atoms with E-state index in [-0.39, 0.29) is 11.3 Å². The Bertz CT molecular complexity index is 953. The summed E-state index contributed by atoms with van der Waals surface area (Å²) in [5.74, 6) is -0.822. The number of aliphatic hydroxyl groups excluding tert-OH is 1. The van der Waals surface area contributed by atoms with Crippen molar-refractivity contribution in [3.05, 3.63) is 65.5 Å². The van der Waals surface area contributed by atoms with Gasteiger partial charge in [0.1, 0.15) is 17.6 Å². The summed E-state index contributed by atoms with van der Waals surface area (Å²) < 4.78 is 5.59. The highest BCUT2D eigenvalue weighted by molar-refractivity contribution is 6.46. The summed E-state index contributed by atoms with van der Waals surface area (Å²) in [5, 5.41) is 11.1. The van der Waals surface area contributed by atoms with Gasteiger partial charge in [-0.25, -0.2) is 0 Å². The van der Waals surface area contributed by atoms with Gasteiger partial charge in [-0.2, -0.15) is 0 Å². The molecule has 0 unspecified atom stereocenters. The number of rotatable bonds is 10. The number of nitrogens with zero attached hydrogens (tertiary/aromatic N) is 3. The van der Waals surface area contributed by atoms with Crippen molar-refractivity contribution in [1.82, 2.24) is 14.8 Å². The monoisotopic (exact) mass is 437 g/mol. The maximum absolute atomic E-state index is 13.0. The SMILES string of the molecule is CCCOc1ccc(C(O)=C2C(=O)C(=O)N(CCN(CC)CC)[C@@H]2c2ccccn2)cc1. The zero-order chi connectivity index (χ0) is 23.1. The van der Waals surface area contributed by atoms with Crippen LogP contribution in [0.5, 0.6) is 5.75 Å². The minimum atomic E-state index is -0.734. The average Bonchev–Trinajstić information content (AvgIpc) is 3.08. The van der Waals surface area contributed by atoms with Crippen LogP contribution < -0.4 is 4.74 Å². The minimum Gasteiger partial charge on any atom is -0.507 e. The summed E-state index contributed by atoms with van der Waals surface area (Å²) in [6.07, 6.45) is 2.52. The van der Waals surface area contributed by atoms with Crippen molar-refractivity contribution in [3.8, 4) is 5.75 Å². The van der Waals surface area contributed by atoms with Crippen LogP contribution in [0, 0.1) is 0 Å². The number of ether oxygens (including phenoxy) is 1. The summed E-state index contributed by atoms with van der Waals surface area (Å²) in [7, 11) is 0. The number of aliphatic hydroxyl groups is 1. The van der Waals surface area contributed by atoms with Crippen LogP contribution in [0.4, 0.5) is 0 Å². The van der Waals surface area contributed by atoms with Gasteiger partial charge in [-0.15, -0.1) is 0 Å². The molecule has 1 aliphatic rings. The predicted molar refractivity (Wildman–Crippen MR) is 123 cm³/mol. The number of Topliss-reactive ketones (excluding diaryl/α,β-unsaturated/α-hetero) is 1. The molecule has 0 spiro atoms. The van der Waals surface area contributed by atoms with Gasteiger partial charge < -0.3 is 19.6 Å². The molecule has 1 atom stereocenters. The van der Waals surface area contributed by atoms with Gasteiger partial charge in [-0.3, -0.25) is 14.6 Å². The van der Waals surface area contributed by atoms with Crippen LogP contribution in [0.1, 0.15) is 44.5 Å². The third-order valence-electron chi connectivity index (χ3n) is 5.66. The molecule has 1 aromatic carbocycles. The highest BCUT2D eigenvalue weighted by Crippen LogP contribution is 2.38. The number of carbonyl (C=O) groups excluding carboxylic acids is 2. The number of benzene rings is 1. The van der Waals surface area contributed by atoms with E-state index >= 15 is 0 Å². The van der Waals surface area contributed by atoms with E-state index in [1.54, 1.807) is 42.6 Å². The Morgan fingerprint density at radius 2 is 1.81 bits per heavy atom. The minimum absolute atomic E-state index is 0.0653. The topological polar surface area (TPSA) is 83.0 Å². The van der Waals surface area contributed by atoms with Crippen LogP contribution in [0.15, 0.2) is 54.2 Å². The lowest BCUT2D eigenvalue weighted by Crippen LogP contribution is -2.38. The summed E-state index contributed by atoms with van der Waals surface area (Å²) in [6.45, 7) is 9.44. The van der Waals surface area contributed by atoms with Gasteiger partial charge in [-0.05, 0) is 55.9 Å². The molecule has 0 radical (unpaired) electrons. The largest absolute Gasteiger partial charge is 0.507 e. The van der Waals surface area contributed by atoms with Crippen molar-refractivity contribution in [3.63, 3.8) is 0 Å². The molecule has 1 saturated heterocycles. The van der Waals surface area contributed by atoms with Crippen LogP contribution in [-0.4, -0.2) is 64.4 Å². The fourth-order valence-electron chi connectivity index (χ4n) is 3.83. The number of hydrogen-bond acceptors (Lipinski definition) is 6. The Labute approximate surface area is 189 Å². The zero-order valence-corrected chi connectivity index (χ0v) is 19.0. The van der Waals surface area contributed by atoms with Gasteiger partial charge in [0.05, 0.1) is 17.9 Å². The summed E-state index contributed by atoms with van der Waals surface area (Å²) in [5.41, 5.74) is 1.07. The number of hydrogen-bond donors (Lipinski definition) is 1. The van der Waals surface area contributed by atoms with Gasteiger partial charge >= 0.3 is 0 Å². The van der Waals surface area contributed by atoms with E-state index in [1.165, 1.54) is 4.90 Å². The van der Waals surface area contributed by atoms with E-state index in [2.05, 4.69) is 23.7 Å². The Morgan fingerprint density at radius 3 is 2.41 bits per heavy atom. The fraction of sp³-hybridized carbons (Fsp3) is 0.400. The van der Waals surface area contributed by atoms with Crippen LogP contribution >= 0.6 is 0 Å². The van der Waals surface area contributed by atoms with Crippen LogP contribution in [-0.2, 0) is 9.59 Å². The molecule has 7 nitrogen and oxygen atoms in total. The van der Waals surface area contributed by atoms with Crippen molar-refractivity contribution in [1.29, 1.82) is 0 Å². The maximum atomic E-state index is 13.0. The lowest BCUT2D eigenvalue weighted by Gasteiger charge is -2.27. The van der Waals surface area contributed by atoms with E-state index in [0.717, 1.165) is 19.5 Å². The Hall–Kier alpha value is -3.19. The smallest absolute Gasteiger partial charge is 0.295 e. The van der Waals surface area contributed by atoms with Gasteiger partial charge in [0.25, 0.3) is 11.7 Å². The third-order valence-corrected chi connectivity index (χ3v) is 5.66. The second kappa shape index (κ2) is 10.9. The number of aromatic nitrogens is 1. The van der Waals surface area contributed by atoms with Crippen LogP contribution in [0.25, 0.3) is 5.76 Å². The number of likely N-dealkylation sites (N-methyl/N-ethyl adjacent to an activating group) is 1. The normalized spacial score (nSPS) is 17.9. The lowest BCUT2D eigenvalue weighted by molar-refractivity contribution is -0.140. The van der Waals surface area contributed by atoms with E-state index in [4.69, 9.17) is 4.74 Å². The molecule has 170 valence electrons. The average molecular weight is 438 g/mol. The number of amides is 1. The molecule has 7 heteroatoms. The van der Waals surface area contributed by atoms with E-state index < -0.39 is 17.7 Å². The number of ketones is 1. The molecular weight excluding hydrogens is 406 g/mol. The number of pyridine rings is 1. The summed E-state index contributed by atoms with van der Waals surface area (Å²) >= 11 is 0. The first-order valence-corrected chi connectivity index (χ1v) is 11.2. The molecule has 0 aliphatic carbocycles. The summed E-state index contributed by atoms with van der Waals surface area (Å²) in [6, 6.07) is 11.5. The van der Waals surface area contributed by atoms with Gasteiger partial charge in [0, 0.05) is 24.8 Å². The zero-order valence-electron chi connectivity index (χ0n) is 19.0. The van der Waals surface area contributed by atoms with E-state index in [9.17, 15) is 14.7 Å². The first-order chi connectivity index (χ1) is 15.5. The van der Waals surface area contributed by atoms with Crippen LogP contribution in [0.2, 0.25) is 0 Å². The van der Waals surface area contributed by atoms with Crippen molar-refractivity contribution in [2.45, 2.75) is 33.2 Å². The second-order valence-electron chi connectivity index (χ2n) is 7.65.